The van der Waals surface area contributed by atoms with Crippen molar-refractivity contribution in [3.63, 3.8) is 0 Å². The zero-order chi connectivity index (χ0) is 19.1. The highest BCUT2D eigenvalue weighted by atomic mass is 35.5. The molecule has 26 heavy (non-hydrogen) atoms. The van der Waals surface area contributed by atoms with Gasteiger partial charge in [-0.15, -0.1) is 0 Å². The predicted molar refractivity (Wildman–Crippen MR) is 109 cm³/mol. The van der Waals surface area contributed by atoms with E-state index in [2.05, 4.69) is 16.0 Å². The van der Waals surface area contributed by atoms with Crippen LogP contribution in [0.1, 0.15) is 19.8 Å². The Hall–Kier alpha value is -1.95. The standard InChI is InChI=1S/C18H18Cl3N3O2/c1-2-3-17(25)23-13-4-5-15(21)16(9-13)22-10-18(26)24-14-7-11(19)6-12(20)8-14/h4-9,22H,2-3,10H2,1H3,(H,23,25)(H,24,26). The molecule has 0 saturated heterocycles. The van der Waals surface area contributed by atoms with Gasteiger partial charge in [0.25, 0.3) is 0 Å². The largest absolute Gasteiger partial charge is 0.375 e. The van der Waals surface area contributed by atoms with Gasteiger partial charge < -0.3 is 16.0 Å². The number of carbonyl (C=O) groups is 2. The number of hydrogen-bond acceptors (Lipinski definition) is 3. The maximum absolute atomic E-state index is 12.1. The van der Waals surface area contributed by atoms with Crippen molar-refractivity contribution in [3.8, 4) is 0 Å². The second kappa shape index (κ2) is 9.67. The number of carbonyl (C=O) groups excluding carboxylic acids is 2. The summed E-state index contributed by atoms with van der Waals surface area (Å²) in [6.45, 7) is 1.91. The van der Waals surface area contributed by atoms with Gasteiger partial charge in [0.15, 0.2) is 0 Å². The minimum Gasteiger partial charge on any atom is -0.375 e. The average molecular weight is 415 g/mol. The van der Waals surface area contributed by atoms with Crippen molar-refractivity contribution in [2.75, 3.05) is 22.5 Å². The van der Waals surface area contributed by atoms with Gasteiger partial charge >= 0.3 is 0 Å². The Bertz CT molecular complexity index is 792. The van der Waals surface area contributed by atoms with Crippen LogP contribution < -0.4 is 16.0 Å². The second-order valence-electron chi connectivity index (χ2n) is 5.55. The van der Waals surface area contributed by atoms with Crippen LogP contribution in [0, 0.1) is 0 Å². The topological polar surface area (TPSA) is 70.2 Å². The summed E-state index contributed by atoms with van der Waals surface area (Å²) in [7, 11) is 0. The summed E-state index contributed by atoms with van der Waals surface area (Å²) >= 11 is 17.9. The molecule has 2 rings (SSSR count). The van der Waals surface area contributed by atoms with Crippen molar-refractivity contribution in [1.29, 1.82) is 0 Å². The third-order valence-electron chi connectivity index (χ3n) is 3.31. The van der Waals surface area contributed by atoms with E-state index in [0.29, 0.717) is 38.6 Å². The number of rotatable bonds is 7. The average Bonchev–Trinajstić information content (AvgIpc) is 2.54. The van der Waals surface area contributed by atoms with Crippen molar-refractivity contribution >= 4 is 63.7 Å². The molecule has 0 aromatic heterocycles. The molecule has 8 heteroatoms. The number of anilines is 3. The maximum atomic E-state index is 12.1. The van der Waals surface area contributed by atoms with Crippen molar-refractivity contribution in [1.82, 2.24) is 0 Å². The molecule has 0 heterocycles. The molecule has 3 N–H and O–H groups in total. The molecule has 2 aromatic rings. The minimum absolute atomic E-state index is 0.0176. The lowest BCUT2D eigenvalue weighted by atomic mass is 10.2. The van der Waals surface area contributed by atoms with Crippen molar-refractivity contribution in [2.24, 2.45) is 0 Å². The van der Waals surface area contributed by atoms with E-state index in [0.717, 1.165) is 6.42 Å². The molecule has 0 fully saturated rings. The normalized spacial score (nSPS) is 10.3. The van der Waals surface area contributed by atoms with E-state index in [4.69, 9.17) is 34.8 Å². The third-order valence-corrected chi connectivity index (χ3v) is 4.08. The summed E-state index contributed by atoms with van der Waals surface area (Å²) in [6.07, 6.45) is 1.20. The zero-order valence-corrected chi connectivity index (χ0v) is 16.3. The first-order chi connectivity index (χ1) is 12.4. The van der Waals surface area contributed by atoms with Gasteiger partial charge in [0.1, 0.15) is 0 Å². The van der Waals surface area contributed by atoms with Gasteiger partial charge in [0.05, 0.1) is 17.3 Å². The Kier molecular flexibility index (Phi) is 7.57. The molecule has 138 valence electrons. The number of halogens is 3. The van der Waals surface area contributed by atoms with Crippen LogP contribution in [-0.4, -0.2) is 18.4 Å². The molecule has 5 nitrogen and oxygen atoms in total. The van der Waals surface area contributed by atoms with E-state index in [-0.39, 0.29) is 18.4 Å². The fourth-order valence-electron chi connectivity index (χ4n) is 2.20. The molecule has 0 atom stereocenters. The summed E-state index contributed by atoms with van der Waals surface area (Å²) in [5, 5.41) is 9.72. The number of amides is 2. The van der Waals surface area contributed by atoms with E-state index in [1.54, 1.807) is 36.4 Å². The summed E-state index contributed by atoms with van der Waals surface area (Å²) in [4.78, 5) is 23.8. The monoisotopic (exact) mass is 413 g/mol. The quantitative estimate of drug-likeness (QED) is 0.565. The Morgan fingerprint density at radius 1 is 0.885 bits per heavy atom. The third kappa shape index (κ3) is 6.41. The molecular weight excluding hydrogens is 397 g/mol. The van der Waals surface area contributed by atoms with Gasteiger partial charge in [-0.25, -0.2) is 0 Å². The summed E-state index contributed by atoms with van der Waals surface area (Å²) in [6, 6.07) is 9.81. The molecule has 0 radical (unpaired) electrons. The van der Waals surface area contributed by atoms with Crippen LogP contribution in [0.2, 0.25) is 15.1 Å². The van der Waals surface area contributed by atoms with Crippen LogP contribution >= 0.6 is 34.8 Å². The Morgan fingerprint density at radius 2 is 1.54 bits per heavy atom. The van der Waals surface area contributed by atoms with Crippen LogP contribution in [0.5, 0.6) is 0 Å². The first kappa shape index (κ1) is 20.4. The smallest absolute Gasteiger partial charge is 0.243 e. The van der Waals surface area contributed by atoms with E-state index >= 15 is 0 Å². The Balaban J connectivity index is 1.97. The van der Waals surface area contributed by atoms with Crippen LogP contribution in [0.15, 0.2) is 36.4 Å². The molecule has 0 aliphatic heterocycles. The molecule has 2 aromatic carbocycles. The zero-order valence-electron chi connectivity index (χ0n) is 14.0. The number of hydrogen-bond donors (Lipinski definition) is 3. The summed E-state index contributed by atoms with van der Waals surface area (Å²) in [5.41, 5.74) is 1.65. The van der Waals surface area contributed by atoms with Crippen LogP contribution in [0.25, 0.3) is 0 Å². The first-order valence-corrected chi connectivity index (χ1v) is 9.10. The molecule has 0 spiro atoms. The molecule has 0 saturated carbocycles. The molecule has 0 unspecified atom stereocenters. The highest BCUT2D eigenvalue weighted by molar-refractivity contribution is 6.35. The molecular formula is C18H18Cl3N3O2. The Morgan fingerprint density at radius 3 is 2.19 bits per heavy atom. The summed E-state index contributed by atoms with van der Waals surface area (Å²) < 4.78 is 0. The molecule has 0 aliphatic rings. The molecule has 0 bridgehead atoms. The van der Waals surface area contributed by atoms with E-state index in [9.17, 15) is 9.59 Å². The van der Waals surface area contributed by atoms with E-state index in [1.807, 2.05) is 6.92 Å². The van der Waals surface area contributed by atoms with Crippen molar-refractivity contribution in [2.45, 2.75) is 19.8 Å². The van der Waals surface area contributed by atoms with Crippen molar-refractivity contribution < 1.29 is 9.59 Å². The van der Waals surface area contributed by atoms with Gasteiger partial charge in [-0.05, 0) is 42.8 Å². The van der Waals surface area contributed by atoms with E-state index in [1.165, 1.54) is 0 Å². The maximum Gasteiger partial charge on any atom is 0.243 e. The van der Waals surface area contributed by atoms with Crippen LogP contribution in [0.4, 0.5) is 17.1 Å². The van der Waals surface area contributed by atoms with Gasteiger partial charge in [-0.2, -0.15) is 0 Å². The SMILES string of the molecule is CCCC(=O)Nc1ccc(Cl)c(NCC(=O)Nc2cc(Cl)cc(Cl)c2)c1. The minimum atomic E-state index is -0.292. The number of benzene rings is 2. The molecule has 0 aliphatic carbocycles. The number of nitrogens with one attached hydrogen (secondary N) is 3. The van der Waals surface area contributed by atoms with Crippen molar-refractivity contribution in [3.05, 3.63) is 51.5 Å². The molecule has 2 amide bonds. The lowest BCUT2D eigenvalue weighted by molar-refractivity contribution is -0.116. The lowest BCUT2D eigenvalue weighted by Gasteiger charge is -2.12. The van der Waals surface area contributed by atoms with Gasteiger partial charge in [0.2, 0.25) is 11.8 Å². The van der Waals surface area contributed by atoms with E-state index < -0.39 is 0 Å². The second-order valence-corrected chi connectivity index (χ2v) is 6.83. The highest BCUT2D eigenvalue weighted by Crippen LogP contribution is 2.26. The van der Waals surface area contributed by atoms with Gasteiger partial charge in [-0.3, -0.25) is 9.59 Å². The van der Waals surface area contributed by atoms with Crippen LogP contribution in [-0.2, 0) is 9.59 Å². The fraction of sp³-hybridized carbons (Fsp3) is 0.222. The van der Waals surface area contributed by atoms with Gasteiger partial charge in [0, 0.05) is 27.8 Å². The van der Waals surface area contributed by atoms with Crippen LogP contribution in [0.3, 0.4) is 0 Å². The fourth-order valence-corrected chi connectivity index (χ4v) is 2.91. The first-order valence-electron chi connectivity index (χ1n) is 7.96. The predicted octanol–water partition coefficient (Wildman–Crippen LogP) is 5.44. The highest BCUT2D eigenvalue weighted by Gasteiger charge is 2.08. The van der Waals surface area contributed by atoms with Gasteiger partial charge in [-0.1, -0.05) is 41.7 Å². The lowest BCUT2D eigenvalue weighted by Crippen LogP contribution is -2.22. The Labute approximate surface area is 167 Å². The summed E-state index contributed by atoms with van der Waals surface area (Å²) in [5.74, 6) is -0.365.